The largest absolute Gasteiger partial charge is 0.481 e. The fraction of sp³-hybridized carbons (Fsp3) is 0.353. The number of nitrogens with zero attached hydrogens (tertiary/aromatic N) is 2. The van der Waals surface area contributed by atoms with Gasteiger partial charge in [0.2, 0.25) is 0 Å². The number of hydrogen-bond donors (Lipinski definition) is 2. The average molecular weight is 315 g/mol. The predicted octanol–water partition coefficient (Wildman–Crippen LogP) is 3.12. The van der Waals surface area contributed by atoms with Crippen molar-refractivity contribution >= 4 is 17.6 Å². The summed E-state index contributed by atoms with van der Waals surface area (Å²) in [7, 11) is 0. The maximum absolute atomic E-state index is 12.3. The molecule has 1 amide bonds. The first kappa shape index (κ1) is 16.7. The Labute approximate surface area is 135 Å². The van der Waals surface area contributed by atoms with Gasteiger partial charge in [0.15, 0.2) is 5.69 Å². The summed E-state index contributed by atoms with van der Waals surface area (Å²) in [6.45, 7) is 4.16. The number of amides is 1. The summed E-state index contributed by atoms with van der Waals surface area (Å²) in [4.78, 5) is 23.2. The summed E-state index contributed by atoms with van der Waals surface area (Å²) < 4.78 is 1.80. The molecule has 0 spiro atoms. The number of nitrogens with one attached hydrogen (secondary N) is 1. The SMILES string of the molecule is CCC(CC)n1ccc(C(=O)Nc2ccccc2CC(=O)O)n1. The Bertz CT molecular complexity index is 690. The van der Waals surface area contributed by atoms with Gasteiger partial charge >= 0.3 is 5.97 Å². The minimum Gasteiger partial charge on any atom is -0.481 e. The van der Waals surface area contributed by atoms with E-state index in [1.165, 1.54) is 0 Å². The lowest BCUT2D eigenvalue weighted by Crippen LogP contribution is -2.16. The molecule has 6 heteroatoms. The van der Waals surface area contributed by atoms with Crippen LogP contribution in [0.3, 0.4) is 0 Å². The normalized spacial score (nSPS) is 10.7. The minimum absolute atomic E-state index is 0.140. The third-order valence-corrected chi connectivity index (χ3v) is 3.76. The Morgan fingerprint density at radius 1 is 1.22 bits per heavy atom. The topological polar surface area (TPSA) is 84.2 Å². The van der Waals surface area contributed by atoms with Crippen molar-refractivity contribution in [2.24, 2.45) is 0 Å². The van der Waals surface area contributed by atoms with Gasteiger partial charge in [-0.2, -0.15) is 5.10 Å². The highest BCUT2D eigenvalue weighted by Crippen LogP contribution is 2.18. The quantitative estimate of drug-likeness (QED) is 0.822. The molecule has 0 aliphatic heterocycles. The van der Waals surface area contributed by atoms with E-state index < -0.39 is 5.97 Å². The number of anilines is 1. The molecule has 1 aromatic carbocycles. The second-order valence-corrected chi connectivity index (χ2v) is 5.33. The molecule has 2 N–H and O–H groups in total. The molecule has 0 saturated heterocycles. The maximum atomic E-state index is 12.3. The molecule has 0 fully saturated rings. The standard InChI is InChI=1S/C17H21N3O3/c1-3-13(4-2)20-10-9-15(19-20)17(23)18-14-8-6-5-7-12(14)11-16(21)22/h5-10,13H,3-4,11H2,1-2H3,(H,18,23)(H,21,22). The Balaban J connectivity index is 2.15. The molecule has 2 aromatic rings. The molecule has 0 aliphatic rings. The smallest absolute Gasteiger partial charge is 0.307 e. The van der Waals surface area contributed by atoms with Crippen molar-refractivity contribution in [3.63, 3.8) is 0 Å². The summed E-state index contributed by atoms with van der Waals surface area (Å²) in [6.07, 6.45) is 3.55. The molecule has 6 nitrogen and oxygen atoms in total. The number of benzene rings is 1. The first-order valence-corrected chi connectivity index (χ1v) is 7.71. The van der Waals surface area contributed by atoms with Crippen LogP contribution in [0.4, 0.5) is 5.69 Å². The van der Waals surface area contributed by atoms with E-state index in [4.69, 9.17) is 5.11 Å². The van der Waals surface area contributed by atoms with Gasteiger partial charge in [0.25, 0.3) is 5.91 Å². The van der Waals surface area contributed by atoms with Gasteiger partial charge < -0.3 is 10.4 Å². The van der Waals surface area contributed by atoms with Gasteiger partial charge in [-0.05, 0) is 30.5 Å². The molecule has 0 aliphatic carbocycles. The zero-order valence-corrected chi connectivity index (χ0v) is 13.3. The molecular weight excluding hydrogens is 294 g/mol. The van der Waals surface area contributed by atoms with Crippen LogP contribution in [-0.4, -0.2) is 26.8 Å². The van der Waals surface area contributed by atoms with Crippen molar-refractivity contribution in [3.05, 3.63) is 47.8 Å². The molecule has 0 saturated carbocycles. The van der Waals surface area contributed by atoms with E-state index in [2.05, 4.69) is 24.3 Å². The monoisotopic (exact) mass is 315 g/mol. The second kappa shape index (κ2) is 7.58. The predicted molar refractivity (Wildman–Crippen MR) is 87.6 cm³/mol. The van der Waals surface area contributed by atoms with Gasteiger partial charge in [-0.25, -0.2) is 0 Å². The number of rotatable bonds is 7. The van der Waals surface area contributed by atoms with Crippen molar-refractivity contribution in [2.45, 2.75) is 39.2 Å². The van der Waals surface area contributed by atoms with Crippen LogP contribution in [0, 0.1) is 0 Å². The van der Waals surface area contributed by atoms with Gasteiger partial charge in [0, 0.05) is 11.9 Å². The van der Waals surface area contributed by atoms with Crippen LogP contribution < -0.4 is 5.32 Å². The van der Waals surface area contributed by atoms with Gasteiger partial charge in [-0.15, -0.1) is 0 Å². The molecule has 0 unspecified atom stereocenters. The Kier molecular flexibility index (Phi) is 5.51. The number of carbonyl (C=O) groups excluding carboxylic acids is 1. The molecule has 2 rings (SSSR count). The molecule has 23 heavy (non-hydrogen) atoms. The minimum atomic E-state index is -0.940. The van der Waals surface area contributed by atoms with Gasteiger partial charge in [0.1, 0.15) is 0 Å². The van der Waals surface area contributed by atoms with Crippen molar-refractivity contribution in [1.82, 2.24) is 9.78 Å². The maximum Gasteiger partial charge on any atom is 0.307 e. The number of aromatic nitrogens is 2. The highest BCUT2D eigenvalue weighted by Gasteiger charge is 2.15. The highest BCUT2D eigenvalue weighted by atomic mass is 16.4. The summed E-state index contributed by atoms with van der Waals surface area (Å²) in [5.74, 6) is -1.28. The van der Waals surface area contributed by atoms with E-state index >= 15 is 0 Å². The number of carboxylic acid groups (broad SMARTS) is 1. The van der Waals surface area contributed by atoms with Crippen LogP contribution in [0.1, 0.15) is 48.8 Å². The van der Waals surface area contributed by atoms with Crippen LogP contribution in [0.5, 0.6) is 0 Å². The van der Waals surface area contributed by atoms with E-state index in [0.717, 1.165) is 12.8 Å². The number of hydrogen-bond acceptors (Lipinski definition) is 3. The third kappa shape index (κ3) is 4.18. The number of carboxylic acids is 1. The number of para-hydroxylation sites is 1. The molecule has 0 bridgehead atoms. The van der Waals surface area contributed by atoms with E-state index in [-0.39, 0.29) is 18.4 Å². The Morgan fingerprint density at radius 3 is 2.57 bits per heavy atom. The third-order valence-electron chi connectivity index (χ3n) is 3.76. The van der Waals surface area contributed by atoms with E-state index in [1.807, 2.05) is 0 Å². The van der Waals surface area contributed by atoms with Gasteiger partial charge in [0.05, 0.1) is 12.5 Å². The molecule has 1 aromatic heterocycles. The molecule has 122 valence electrons. The molecule has 0 radical (unpaired) electrons. The van der Waals surface area contributed by atoms with Crippen molar-refractivity contribution in [3.8, 4) is 0 Å². The average Bonchev–Trinajstić information content (AvgIpc) is 3.00. The van der Waals surface area contributed by atoms with Crippen molar-refractivity contribution in [2.75, 3.05) is 5.32 Å². The lowest BCUT2D eigenvalue weighted by atomic mass is 10.1. The summed E-state index contributed by atoms with van der Waals surface area (Å²) in [5, 5.41) is 16.0. The number of carbonyl (C=O) groups is 2. The molecular formula is C17H21N3O3. The molecule has 1 heterocycles. The first-order valence-electron chi connectivity index (χ1n) is 7.71. The lowest BCUT2D eigenvalue weighted by molar-refractivity contribution is -0.136. The fourth-order valence-electron chi connectivity index (χ4n) is 2.47. The first-order chi connectivity index (χ1) is 11.0. The zero-order chi connectivity index (χ0) is 16.8. The van der Waals surface area contributed by atoms with E-state index in [9.17, 15) is 9.59 Å². The van der Waals surface area contributed by atoms with Crippen LogP contribution in [0.2, 0.25) is 0 Å². The summed E-state index contributed by atoms with van der Waals surface area (Å²) in [6, 6.07) is 8.82. The summed E-state index contributed by atoms with van der Waals surface area (Å²) >= 11 is 0. The van der Waals surface area contributed by atoms with Gasteiger partial charge in [-0.1, -0.05) is 32.0 Å². The van der Waals surface area contributed by atoms with Crippen molar-refractivity contribution < 1.29 is 14.7 Å². The van der Waals surface area contributed by atoms with E-state index in [1.54, 1.807) is 41.2 Å². The van der Waals surface area contributed by atoms with Crippen LogP contribution in [-0.2, 0) is 11.2 Å². The Hall–Kier alpha value is -2.63. The lowest BCUT2D eigenvalue weighted by Gasteiger charge is -2.12. The zero-order valence-electron chi connectivity index (χ0n) is 13.3. The highest BCUT2D eigenvalue weighted by molar-refractivity contribution is 6.03. The van der Waals surface area contributed by atoms with Gasteiger partial charge in [-0.3, -0.25) is 14.3 Å². The van der Waals surface area contributed by atoms with E-state index in [0.29, 0.717) is 16.9 Å². The van der Waals surface area contributed by atoms with Crippen LogP contribution in [0.15, 0.2) is 36.5 Å². The fourth-order valence-corrected chi connectivity index (χ4v) is 2.47. The van der Waals surface area contributed by atoms with Crippen LogP contribution in [0.25, 0.3) is 0 Å². The summed E-state index contributed by atoms with van der Waals surface area (Å²) in [5.41, 5.74) is 1.38. The number of aliphatic carboxylic acids is 1. The Morgan fingerprint density at radius 2 is 1.91 bits per heavy atom. The van der Waals surface area contributed by atoms with Crippen LogP contribution >= 0.6 is 0 Å². The second-order valence-electron chi connectivity index (χ2n) is 5.33. The molecule has 0 atom stereocenters. The van der Waals surface area contributed by atoms with Crippen molar-refractivity contribution in [1.29, 1.82) is 0 Å².